The van der Waals surface area contributed by atoms with Gasteiger partial charge in [-0.3, -0.25) is 9.59 Å². The lowest BCUT2D eigenvalue weighted by atomic mass is 9.71. The van der Waals surface area contributed by atoms with Gasteiger partial charge >= 0.3 is 0 Å². The van der Waals surface area contributed by atoms with Crippen LogP contribution in [0.4, 0.5) is 5.69 Å². The molecule has 0 radical (unpaired) electrons. The molecule has 3 rings (SSSR count). The third kappa shape index (κ3) is 4.43. The van der Waals surface area contributed by atoms with Gasteiger partial charge in [0.1, 0.15) is 0 Å². The summed E-state index contributed by atoms with van der Waals surface area (Å²) < 4.78 is 5.31. The fourth-order valence-corrected chi connectivity index (χ4v) is 4.01. The van der Waals surface area contributed by atoms with Crippen molar-refractivity contribution in [2.45, 2.75) is 38.5 Å². The molecule has 0 unspecified atom stereocenters. The average Bonchev–Trinajstić information content (AvgIpc) is 2.69. The molecule has 2 fully saturated rings. The van der Waals surface area contributed by atoms with E-state index in [1.54, 1.807) is 17.0 Å². The van der Waals surface area contributed by atoms with Crippen LogP contribution in [0, 0.1) is 5.41 Å². The molecule has 1 aliphatic carbocycles. The summed E-state index contributed by atoms with van der Waals surface area (Å²) in [5.74, 6) is -0.116. The summed E-state index contributed by atoms with van der Waals surface area (Å²) in [6, 6.07) is 7.23. The lowest BCUT2D eigenvalue weighted by Gasteiger charge is -2.35. The van der Waals surface area contributed by atoms with E-state index in [0.717, 1.165) is 25.7 Å². The number of morpholine rings is 1. The summed E-state index contributed by atoms with van der Waals surface area (Å²) in [6.45, 7) is 2.81. The third-order valence-corrected chi connectivity index (χ3v) is 5.61. The van der Waals surface area contributed by atoms with Crippen molar-refractivity contribution >= 4 is 17.5 Å². The fourth-order valence-electron chi connectivity index (χ4n) is 4.01. The largest absolute Gasteiger partial charge is 0.378 e. The Hall–Kier alpha value is -1.92. The maximum atomic E-state index is 12.8. The van der Waals surface area contributed by atoms with E-state index < -0.39 is 0 Å². The van der Waals surface area contributed by atoms with Crippen LogP contribution in [0.3, 0.4) is 0 Å². The van der Waals surface area contributed by atoms with Gasteiger partial charge in [0.2, 0.25) is 5.91 Å². The molecule has 2 aliphatic rings. The van der Waals surface area contributed by atoms with Crippen LogP contribution < -0.4 is 11.1 Å². The van der Waals surface area contributed by atoms with E-state index in [4.69, 9.17) is 10.5 Å². The number of amides is 2. The SMILES string of the molecule is NCC1(CC(=O)Nc2ccccc2C(=O)N2CCOCC2)CCCCC1. The van der Waals surface area contributed by atoms with E-state index in [9.17, 15) is 9.59 Å². The Morgan fingerprint density at radius 2 is 1.81 bits per heavy atom. The van der Waals surface area contributed by atoms with Crippen LogP contribution in [0.1, 0.15) is 48.9 Å². The first-order chi connectivity index (χ1) is 12.6. The molecule has 1 saturated heterocycles. The highest BCUT2D eigenvalue weighted by molar-refractivity contribution is 6.03. The Labute approximate surface area is 155 Å². The van der Waals surface area contributed by atoms with Gasteiger partial charge in [0.15, 0.2) is 0 Å². The van der Waals surface area contributed by atoms with E-state index >= 15 is 0 Å². The molecular weight excluding hydrogens is 330 g/mol. The Balaban J connectivity index is 1.69. The zero-order valence-corrected chi connectivity index (χ0v) is 15.3. The number of nitrogens with zero attached hydrogens (tertiary/aromatic N) is 1. The number of carbonyl (C=O) groups is 2. The van der Waals surface area contributed by atoms with E-state index in [1.165, 1.54) is 6.42 Å². The zero-order valence-electron chi connectivity index (χ0n) is 15.3. The Morgan fingerprint density at radius 3 is 2.50 bits per heavy atom. The van der Waals surface area contributed by atoms with Gasteiger partial charge in [-0.05, 0) is 36.9 Å². The Bertz CT molecular complexity index is 635. The van der Waals surface area contributed by atoms with Crippen molar-refractivity contribution in [3.8, 4) is 0 Å². The van der Waals surface area contributed by atoms with Crippen molar-refractivity contribution in [2.75, 3.05) is 38.2 Å². The molecule has 1 saturated carbocycles. The highest BCUT2D eigenvalue weighted by Crippen LogP contribution is 2.38. The Kier molecular flexibility index (Phi) is 6.27. The number of carbonyl (C=O) groups excluding carboxylic acids is 2. The molecule has 1 heterocycles. The van der Waals surface area contributed by atoms with Crippen molar-refractivity contribution in [2.24, 2.45) is 11.1 Å². The van der Waals surface area contributed by atoms with Crippen molar-refractivity contribution in [1.29, 1.82) is 0 Å². The van der Waals surface area contributed by atoms with Crippen molar-refractivity contribution in [3.63, 3.8) is 0 Å². The molecule has 142 valence electrons. The second kappa shape index (κ2) is 8.64. The number of para-hydroxylation sites is 1. The molecule has 6 nitrogen and oxygen atoms in total. The number of nitrogens with two attached hydrogens (primary N) is 1. The lowest BCUT2D eigenvalue weighted by Crippen LogP contribution is -2.41. The topological polar surface area (TPSA) is 84.7 Å². The molecular formula is C20H29N3O3. The second-order valence-corrected chi connectivity index (χ2v) is 7.44. The number of benzene rings is 1. The van der Waals surface area contributed by atoms with Crippen LogP contribution >= 0.6 is 0 Å². The minimum Gasteiger partial charge on any atom is -0.378 e. The first-order valence-electron chi connectivity index (χ1n) is 9.60. The smallest absolute Gasteiger partial charge is 0.256 e. The second-order valence-electron chi connectivity index (χ2n) is 7.44. The Morgan fingerprint density at radius 1 is 1.12 bits per heavy atom. The normalized spacial score (nSPS) is 19.8. The van der Waals surface area contributed by atoms with Gasteiger partial charge in [0.05, 0.1) is 24.5 Å². The highest BCUT2D eigenvalue weighted by Gasteiger charge is 2.33. The molecule has 3 N–H and O–H groups in total. The maximum Gasteiger partial charge on any atom is 0.256 e. The molecule has 0 bridgehead atoms. The van der Waals surface area contributed by atoms with Crippen molar-refractivity contribution in [1.82, 2.24) is 4.90 Å². The van der Waals surface area contributed by atoms with Gasteiger partial charge in [-0.2, -0.15) is 0 Å². The minimum atomic E-state index is -0.0918. The quantitative estimate of drug-likeness (QED) is 0.845. The average molecular weight is 359 g/mol. The van der Waals surface area contributed by atoms with Gasteiger partial charge in [0.25, 0.3) is 5.91 Å². The van der Waals surface area contributed by atoms with Gasteiger partial charge < -0.3 is 20.7 Å². The molecule has 26 heavy (non-hydrogen) atoms. The van der Waals surface area contributed by atoms with Crippen LogP contribution in [-0.2, 0) is 9.53 Å². The summed E-state index contributed by atoms with van der Waals surface area (Å²) >= 11 is 0. The first-order valence-corrected chi connectivity index (χ1v) is 9.60. The summed E-state index contributed by atoms with van der Waals surface area (Å²) in [5, 5.41) is 2.96. The van der Waals surface area contributed by atoms with Crippen LogP contribution in [-0.4, -0.2) is 49.6 Å². The monoisotopic (exact) mass is 359 g/mol. The fraction of sp³-hybridized carbons (Fsp3) is 0.600. The van der Waals surface area contributed by atoms with E-state index in [2.05, 4.69) is 5.32 Å². The van der Waals surface area contributed by atoms with Gasteiger partial charge in [0, 0.05) is 19.5 Å². The van der Waals surface area contributed by atoms with Gasteiger partial charge in [-0.25, -0.2) is 0 Å². The van der Waals surface area contributed by atoms with Crippen molar-refractivity contribution in [3.05, 3.63) is 29.8 Å². The standard InChI is InChI=1S/C20H29N3O3/c21-15-20(8-4-1-5-9-20)14-18(24)22-17-7-3-2-6-16(17)19(25)23-10-12-26-13-11-23/h2-3,6-7H,1,4-5,8-15,21H2,(H,22,24). The van der Waals surface area contributed by atoms with E-state index in [-0.39, 0.29) is 17.2 Å². The van der Waals surface area contributed by atoms with Crippen LogP contribution in [0.15, 0.2) is 24.3 Å². The van der Waals surface area contributed by atoms with Crippen LogP contribution in [0.2, 0.25) is 0 Å². The number of rotatable bonds is 5. The third-order valence-electron chi connectivity index (χ3n) is 5.61. The van der Waals surface area contributed by atoms with Crippen LogP contribution in [0.5, 0.6) is 0 Å². The number of hydrogen-bond acceptors (Lipinski definition) is 4. The first kappa shape index (κ1) is 18.9. The number of hydrogen-bond donors (Lipinski definition) is 2. The highest BCUT2D eigenvalue weighted by atomic mass is 16.5. The predicted octanol–water partition coefficient (Wildman–Crippen LogP) is 2.40. The molecule has 1 aromatic carbocycles. The molecule has 1 aliphatic heterocycles. The lowest BCUT2D eigenvalue weighted by molar-refractivity contribution is -0.118. The molecule has 1 aromatic rings. The molecule has 6 heteroatoms. The molecule has 2 amide bonds. The molecule has 0 atom stereocenters. The zero-order chi connectivity index (χ0) is 18.4. The van der Waals surface area contributed by atoms with Gasteiger partial charge in [-0.1, -0.05) is 31.4 Å². The number of ether oxygens (including phenoxy) is 1. The van der Waals surface area contributed by atoms with Crippen molar-refractivity contribution < 1.29 is 14.3 Å². The summed E-state index contributed by atoms with van der Waals surface area (Å²) in [4.78, 5) is 27.3. The summed E-state index contributed by atoms with van der Waals surface area (Å²) in [7, 11) is 0. The van der Waals surface area contributed by atoms with Gasteiger partial charge in [-0.15, -0.1) is 0 Å². The summed E-state index contributed by atoms with van der Waals surface area (Å²) in [6.07, 6.45) is 5.92. The summed E-state index contributed by atoms with van der Waals surface area (Å²) in [5.41, 5.74) is 7.03. The predicted molar refractivity (Wildman–Crippen MR) is 101 cm³/mol. The van der Waals surface area contributed by atoms with Crippen LogP contribution in [0.25, 0.3) is 0 Å². The number of nitrogens with one attached hydrogen (secondary N) is 1. The number of anilines is 1. The molecule has 0 spiro atoms. The van der Waals surface area contributed by atoms with E-state index in [0.29, 0.717) is 50.5 Å². The molecule has 0 aromatic heterocycles. The maximum absolute atomic E-state index is 12.8. The minimum absolute atomic E-state index is 0.0559. The van der Waals surface area contributed by atoms with E-state index in [1.807, 2.05) is 12.1 Å².